The van der Waals surface area contributed by atoms with Crippen molar-refractivity contribution in [1.82, 2.24) is 14.3 Å². The molecule has 0 saturated carbocycles. The van der Waals surface area contributed by atoms with Gasteiger partial charge in [-0.25, -0.2) is 0 Å². The predicted octanol–water partition coefficient (Wildman–Crippen LogP) is 1.91. The summed E-state index contributed by atoms with van der Waals surface area (Å²) in [7, 11) is 3.71. The number of hydrogen-bond donors (Lipinski definition) is 1. The van der Waals surface area contributed by atoms with Crippen molar-refractivity contribution >= 4 is 17.9 Å². The highest BCUT2D eigenvalue weighted by Gasteiger charge is 2.21. The molecule has 29 heavy (non-hydrogen) atoms. The van der Waals surface area contributed by atoms with E-state index in [0.29, 0.717) is 0 Å². The fraction of sp³-hybridized carbons (Fsp3) is 0.364. The van der Waals surface area contributed by atoms with Crippen molar-refractivity contribution in [3.05, 3.63) is 70.8 Å². The molecule has 0 atom stereocenters. The largest absolute Gasteiger partial charge is 0.497 e. The van der Waals surface area contributed by atoms with Gasteiger partial charge in [0.1, 0.15) is 11.6 Å². The second-order valence-corrected chi connectivity index (χ2v) is 7.88. The highest BCUT2D eigenvalue weighted by atomic mass is 32.1. The zero-order valence-electron chi connectivity index (χ0n) is 17.0. The Labute approximate surface area is 176 Å². The van der Waals surface area contributed by atoms with Gasteiger partial charge in [-0.15, -0.1) is 0 Å². The molecule has 6 nitrogen and oxygen atoms in total. The molecule has 152 valence electrons. The summed E-state index contributed by atoms with van der Waals surface area (Å²) >= 11 is 5.65. The summed E-state index contributed by atoms with van der Waals surface area (Å²) in [6.45, 7) is 5.01. The van der Waals surface area contributed by atoms with Crippen LogP contribution in [0.3, 0.4) is 0 Å². The number of rotatable bonds is 6. The van der Waals surface area contributed by atoms with Crippen LogP contribution in [-0.2, 0) is 20.1 Å². The Bertz CT molecular complexity index is 988. The molecule has 2 aromatic carbocycles. The first kappa shape index (κ1) is 19.7. The molecule has 1 aliphatic heterocycles. The van der Waals surface area contributed by atoms with E-state index in [9.17, 15) is 0 Å². The quantitative estimate of drug-likeness (QED) is 0.631. The molecule has 1 fully saturated rings. The molecule has 0 amide bonds. The van der Waals surface area contributed by atoms with E-state index in [4.69, 9.17) is 22.1 Å². The van der Waals surface area contributed by atoms with E-state index in [0.717, 1.165) is 55.6 Å². The van der Waals surface area contributed by atoms with Crippen LogP contribution in [0, 0.1) is 4.77 Å². The summed E-state index contributed by atoms with van der Waals surface area (Å²) in [6.07, 6.45) is 0.800. The van der Waals surface area contributed by atoms with Gasteiger partial charge >= 0.3 is 0 Å². The molecular weight excluding hydrogens is 382 g/mol. The summed E-state index contributed by atoms with van der Waals surface area (Å²) in [5, 5.41) is 4.82. The van der Waals surface area contributed by atoms with Gasteiger partial charge < -0.3 is 19.1 Å². The van der Waals surface area contributed by atoms with Crippen LogP contribution >= 0.6 is 12.2 Å². The lowest BCUT2D eigenvalue weighted by atomic mass is 10.1. The van der Waals surface area contributed by atoms with E-state index in [-0.39, 0.29) is 0 Å². The normalized spacial score (nSPS) is 14.9. The molecular formula is C22H28N5OS+. The third-order valence-corrected chi connectivity index (χ3v) is 6.10. The number of anilines is 1. The van der Waals surface area contributed by atoms with Gasteiger partial charge in [-0.2, -0.15) is 9.78 Å². The number of nitrogens with zero attached hydrogens (tertiary/aromatic N) is 4. The maximum Gasteiger partial charge on any atom is 0.202 e. The second kappa shape index (κ2) is 8.80. The van der Waals surface area contributed by atoms with Crippen LogP contribution in [0.1, 0.15) is 11.4 Å². The third-order valence-electron chi connectivity index (χ3n) is 5.62. The minimum Gasteiger partial charge on any atom is -0.497 e. The van der Waals surface area contributed by atoms with Crippen LogP contribution in [0.5, 0.6) is 5.75 Å². The van der Waals surface area contributed by atoms with Crippen LogP contribution in [-0.4, -0.2) is 47.6 Å². The van der Waals surface area contributed by atoms with Crippen molar-refractivity contribution in [2.75, 3.05) is 38.2 Å². The fourth-order valence-electron chi connectivity index (χ4n) is 3.81. The van der Waals surface area contributed by atoms with Gasteiger partial charge in [0, 0.05) is 19.2 Å². The van der Waals surface area contributed by atoms with E-state index in [1.54, 1.807) is 7.11 Å². The van der Waals surface area contributed by atoms with Crippen LogP contribution in [0.4, 0.5) is 5.69 Å². The molecule has 1 saturated heterocycles. The first-order valence-corrected chi connectivity index (χ1v) is 10.4. The number of nitrogens with one attached hydrogen (secondary N) is 1. The number of quaternary nitrogens is 1. The molecule has 7 heteroatoms. The average Bonchev–Trinajstić information content (AvgIpc) is 3.03. The van der Waals surface area contributed by atoms with Gasteiger partial charge in [-0.3, -0.25) is 0 Å². The lowest BCUT2D eigenvalue weighted by molar-refractivity contribution is -0.924. The average molecular weight is 411 g/mol. The van der Waals surface area contributed by atoms with E-state index in [1.807, 2.05) is 34.5 Å². The van der Waals surface area contributed by atoms with Crippen molar-refractivity contribution in [3.63, 3.8) is 0 Å². The van der Waals surface area contributed by atoms with Gasteiger partial charge in [0.25, 0.3) is 0 Å². The van der Waals surface area contributed by atoms with Gasteiger partial charge in [0.2, 0.25) is 4.77 Å². The summed E-state index contributed by atoms with van der Waals surface area (Å²) in [5.74, 6) is 1.91. The Morgan fingerprint density at radius 3 is 2.38 bits per heavy atom. The van der Waals surface area contributed by atoms with Crippen LogP contribution in [0.25, 0.3) is 0 Å². The molecule has 3 aromatic rings. The minimum atomic E-state index is 0.793. The second-order valence-electron chi connectivity index (χ2n) is 7.51. The maximum absolute atomic E-state index is 5.65. The number of aromatic nitrogens is 3. The van der Waals surface area contributed by atoms with E-state index >= 15 is 0 Å². The Morgan fingerprint density at radius 2 is 1.72 bits per heavy atom. The van der Waals surface area contributed by atoms with Gasteiger partial charge in [0.05, 0.1) is 33.3 Å². The van der Waals surface area contributed by atoms with Crippen molar-refractivity contribution < 1.29 is 9.64 Å². The fourth-order valence-corrected chi connectivity index (χ4v) is 4.02. The first-order chi connectivity index (χ1) is 14.1. The molecule has 0 spiro atoms. The first-order valence-electron chi connectivity index (χ1n) is 10.0. The summed E-state index contributed by atoms with van der Waals surface area (Å²) < 4.78 is 10.1. The van der Waals surface area contributed by atoms with E-state index in [1.165, 1.54) is 16.2 Å². The molecule has 2 heterocycles. The number of ether oxygens (including phenoxy) is 1. The Hall–Kier alpha value is -2.64. The third kappa shape index (κ3) is 4.52. The van der Waals surface area contributed by atoms with Crippen molar-refractivity contribution in [2.45, 2.75) is 13.1 Å². The van der Waals surface area contributed by atoms with E-state index < -0.39 is 0 Å². The van der Waals surface area contributed by atoms with Crippen LogP contribution in [0.2, 0.25) is 0 Å². The summed E-state index contributed by atoms with van der Waals surface area (Å²) in [6, 6.07) is 18.7. The zero-order chi connectivity index (χ0) is 20.2. The van der Waals surface area contributed by atoms with Crippen molar-refractivity contribution in [3.8, 4) is 5.75 Å². The minimum absolute atomic E-state index is 0.793. The van der Waals surface area contributed by atoms with Gasteiger partial charge in [-0.05, 0) is 42.0 Å². The molecule has 0 aliphatic carbocycles. The zero-order valence-corrected chi connectivity index (χ0v) is 17.9. The molecule has 0 radical (unpaired) electrons. The smallest absolute Gasteiger partial charge is 0.202 e. The number of piperazine rings is 1. The molecule has 1 aliphatic rings. The van der Waals surface area contributed by atoms with Crippen LogP contribution in [0.15, 0.2) is 54.6 Å². The number of hydrogen-bond acceptors (Lipinski definition) is 4. The Balaban J connectivity index is 1.38. The van der Waals surface area contributed by atoms with Crippen molar-refractivity contribution in [2.24, 2.45) is 7.05 Å². The topological polar surface area (TPSA) is 39.7 Å². The SMILES string of the molecule is COc1ccc(N2CC[NH+](Cn3nc(Cc4ccccc4)n(C)c3=S)CC2)cc1. The van der Waals surface area contributed by atoms with Crippen molar-refractivity contribution in [1.29, 1.82) is 0 Å². The van der Waals surface area contributed by atoms with Gasteiger partial charge in [-0.1, -0.05) is 30.3 Å². The lowest BCUT2D eigenvalue weighted by Gasteiger charge is -2.33. The van der Waals surface area contributed by atoms with Crippen LogP contribution < -0.4 is 14.5 Å². The highest BCUT2D eigenvalue weighted by molar-refractivity contribution is 7.71. The highest BCUT2D eigenvalue weighted by Crippen LogP contribution is 2.19. The molecule has 1 N–H and O–H groups in total. The maximum atomic E-state index is 5.65. The molecule has 0 unspecified atom stereocenters. The monoisotopic (exact) mass is 410 g/mol. The van der Waals surface area contributed by atoms with E-state index in [2.05, 4.69) is 41.3 Å². The summed E-state index contributed by atoms with van der Waals surface area (Å²) in [4.78, 5) is 3.94. The molecule has 0 bridgehead atoms. The molecule has 1 aromatic heterocycles. The standard InChI is InChI=1S/C22H27N5OS/c1-24-21(16-18-6-4-3-5-7-18)23-27(22(24)29)17-25-12-14-26(15-13-25)19-8-10-20(28-2)11-9-19/h3-11H,12-17H2,1-2H3/p+1. The Kier molecular flexibility index (Phi) is 5.97. The number of benzene rings is 2. The number of methoxy groups -OCH3 is 1. The lowest BCUT2D eigenvalue weighted by Crippen LogP contribution is -3.14. The molecule has 4 rings (SSSR count). The Morgan fingerprint density at radius 1 is 1.03 bits per heavy atom. The summed E-state index contributed by atoms with van der Waals surface area (Å²) in [5.41, 5.74) is 2.51. The predicted molar refractivity (Wildman–Crippen MR) is 117 cm³/mol. The van der Waals surface area contributed by atoms with Gasteiger partial charge in [0.15, 0.2) is 6.67 Å².